The third kappa shape index (κ3) is 5.03. The van der Waals surface area contributed by atoms with Gasteiger partial charge >= 0.3 is 0 Å². The van der Waals surface area contributed by atoms with Crippen molar-refractivity contribution in [3.8, 4) is 11.3 Å². The molecule has 0 aliphatic rings. The summed E-state index contributed by atoms with van der Waals surface area (Å²) in [5.41, 5.74) is 2.38. The highest BCUT2D eigenvalue weighted by Gasteiger charge is 2.23. The Hall–Kier alpha value is -3.12. The molecule has 1 N–H and O–H groups in total. The molecule has 0 unspecified atom stereocenters. The number of aryl methyl sites for hydroxylation is 1. The van der Waals surface area contributed by atoms with Crippen molar-refractivity contribution in [2.45, 2.75) is 19.9 Å². The van der Waals surface area contributed by atoms with E-state index < -0.39 is 0 Å². The minimum atomic E-state index is -0.350. The van der Waals surface area contributed by atoms with E-state index in [1.165, 1.54) is 0 Å². The fourth-order valence-corrected chi connectivity index (χ4v) is 3.21. The summed E-state index contributed by atoms with van der Waals surface area (Å²) in [7, 11) is 1.75. The van der Waals surface area contributed by atoms with Gasteiger partial charge in [-0.05, 0) is 18.6 Å². The highest BCUT2D eigenvalue weighted by atomic mass is 35.5. The van der Waals surface area contributed by atoms with Crippen molar-refractivity contribution >= 4 is 23.4 Å². The average molecular weight is 412 g/mol. The van der Waals surface area contributed by atoms with Gasteiger partial charge in [0.15, 0.2) is 0 Å². The first kappa shape index (κ1) is 20.6. The van der Waals surface area contributed by atoms with Crippen LogP contribution in [0.2, 0.25) is 5.02 Å². The lowest BCUT2D eigenvalue weighted by atomic mass is 10.1. The first-order valence-electron chi connectivity index (χ1n) is 9.24. The van der Waals surface area contributed by atoms with Crippen LogP contribution in [0.5, 0.6) is 0 Å². The zero-order valence-corrected chi connectivity index (χ0v) is 17.1. The molecule has 3 aromatic rings. The SMILES string of the molecule is Cc1onc(-c2ccccc2Cl)c1C(=O)NCCC(=O)N(C)Cc1ccccc1. The van der Waals surface area contributed by atoms with Crippen LogP contribution in [0.1, 0.15) is 28.1 Å². The molecule has 0 bridgehead atoms. The van der Waals surface area contributed by atoms with Crippen LogP contribution < -0.4 is 5.32 Å². The fraction of sp³-hybridized carbons (Fsp3) is 0.227. The van der Waals surface area contributed by atoms with E-state index in [9.17, 15) is 9.59 Å². The van der Waals surface area contributed by atoms with E-state index in [0.29, 0.717) is 34.1 Å². The van der Waals surface area contributed by atoms with Gasteiger partial charge < -0.3 is 14.7 Å². The summed E-state index contributed by atoms with van der Waals surface area (Å²) in [6, 6.07) is 16.9. The zero-order chi connectivity index (χ0) is 20.8. The summed E-state index contributed by atoms with van der Waals surface area (Å²) < 4.78 is 5.21. The Morgan fingerprint density at radius 1 is 1.10 bits per heavy atom. The molecule has 3 rings (SSSR count). The van der Waals surface area contributed by atoms with Crippen LogP contribution in [0.15, 0.2) is 59.1 Å². The molecule has 0 spiro atoms. The van der Waals surface area contributed by atoms with Gasteiger partial charge in [-0.25, -0.2) is 0 Å². The van der Waals surface area contributed by atoms with E-state index in [0.717, 1.165) is 5.56 Å². The van der Waals surface area contributed by atoms with Gasteiger partial charge in [0, 0.05) is 32.1 Å². The molecule has 29 heavy (non-hydrogen) atoms. The standard InChI is InChI=1S/C22H22ClN3O3/c1-15-20(21(25-29-15)17-10-6-7-11-18(17)23)22(28)24-13-12-19(27)26(2)14-16-8-4-3-5-9-16/h3-11H,12-14H2,1-2H3,(H,24,28). The second-order valence-corrected chi connectivity index (χ2v) is 7.09. The molecule has 0 radical (unpaired) electrons. The summed E-state index contributed by atoms with van der Waals surface area (Å²) in [5.74, 6) is -0.00959. The molecule has 0 saturated carbocycles. The van der Waals surface area contributed by atoms with Crippen LogP contribution in [0, 0.1) is 6.92 Å². The van der Waals surface area contributed by atoms with E-state index in [-0.39, 0.29) is 24.8 Å². The summed E-state index contributed by atoms with van der Waals surface area (Å²) in [5, 5.41) is 7.25. The van der Waals surface area contributed by atoms with Crippen molar-refractivity contribution < 1.29 is 14.1 Å². The molecule has 7 heteroatoms. The van der Waals surface area contributed by atoms with Gasteiger partial charge in [-0.15, -0.1) is 0 Å². The van der Waals surface area contributed by atoms with Gasteiger partial charge in [0.2, 0.25) is 5.91 Å². The summed E-state index contributed by atoms with van der Waals surface area (Å²) in [4.78, 5) is 26.7. The Morgan fingerprint density at radius 3 is 2.52 bits per heavy atom. The maximum Gasteiger partial charge on any atom is 0.257 e. The number of benzene rings is 2. The second-order valence-electron chi connectivity index (χ2n) is 6.68. The van der Waals surface area contributed by atoms with Gasteiger partial charge in [-0.2, -0.15) is 0 Å². The first-order valence-corrected chi connectivity index (χ1v) is 9.62. The van der Waals surface area contributed by atoms with Crippen molar-refractivity contribution in [1.29, 1.82) is 0 Å². The Bertz CT molecular complexity index is 1000. The van der Waals surface area contributed by atoms with E-state index in [2.05, 4.69) is 10.5 Å². The molecule has 0 atom stereocenters. The van der Waals surface area contributed by atoms with Crippen molar-refractivity contribution in [3.05, 3.63) is 76.5 Å². The third-order valence-corrected chi connectivity index (χ3v) is 4.86. The van der Waals surface area contributed by atoms with Gasteiger partial charge in [0.25, 0.3) is 5.91 Å². The van der Waals surface area contributed by atoms with Gasteiger partial charge in [0.05, 0.1) is 5.02 Å². The van der Waals surface area contributed by atoms with Gasteiger partial charge in [0.1, 0.15) is 17.0 Å². The molecule has 6 nitrogen and oxygen atoms in total. The Balaban J connectivity index is 1.60. The van der Waals surface area contributed by atoms with E-state index in [1.54, 1.807) is 37.1 Å². The molecule has 1 heterocycles. The predicted octanol–water partition coefficient (Wildman–Crippen LogP) is 4.08. The lowest BCUT2D eigenvalue weighted by molar-refractivity contribution is -0.130. The smallest absolute Gasteiger partial charge is 0.257 e. The quantitative estimate of drug-likeness (QED) is 0.635. The minimum Gasteiger partial charge on any atom is -0.360 e. The normalized spacial score (nSPS) is 10.6. The zero-order valence-electron chi connectivity index (χ0n) is 16.3. The molecule has 2 amide bonds. The third-order valence-electron chi connectivity index (χ3n) is 4.53. The number of hydrogen-bond acceptors (Lipinski definition) is 4. The molecular weight excluding hydrogens is 390 g/mol. The number of amides is 2. The maximum atomic E-state index is 12.7. The summed E-state index contributed by atoms with van der Waals surface area (Å²) in [6.45, 7) is 2.40. The van der Waals surface area contributed by atoms with Crippen molar-refractivity contribution in [2.24, 2.45) is 0 Å². The van der Waals surface area contributed by atoms with E-state index >= 15 is 0 Å². The Kier molecular flexibility index (Phi) is 6.67. The van der Waals surface area contributed by atoms with Crippen LogP contribution in [0.3, 0.4) is 0 Å². The summed E-state index contributed by atoms with van der Waals surface area (Å²) in [6.07, 6.45) is 0.195. The number of rotatable bonds is 7. The highest BCUT2D eigenvalue weighted by Crippen LogP contribution is 2.30. The first-order chi connectivity index (χ1) is 14.0. The molecule has 0 saturated heterocycles. The topological polar surface area (TPSA) is 75.4 Å². The van der Waals surface area contributed by atoms with E-state index in [4.69, 9.17) is 16.1 Å². The van der Waals surface area contributed by atoms with Crippen LogP contribution in [0.25, 0.3) is 11.3 Å². The molecular formula is C22H22ClN3O3. The van der Waals surface area contributed by atoms with Crippen LogP contribution in [-0.2, 0) is 11.3 Å². The number of nitrogens with one attached hydrogen (secondary N) is 1. The molecule has 150 valence electrons. The Morgan fingerprint density at radius 2 is 1.79 bits per heavy atom. The second kappa shape index (κ2) is 9.39. The molecule has 0 aliphatic heterocycles. The van der Waals surface area contributed by atoms with E-state index in [1.807, 2.05) is 36.4 Å². The number of halogens is 1. The van der Waals surface area contributed by atoms with Crippen LogP contribution in [-0.4, -0.2) is 35.5 Å². The van der Waals surface area contributed by atoms with Crippen molar-refractivity contribution in [2.75, 3.05) is 13.6 Å². The van der Waals surface area contributed by atoms with Crippen molar-refractivity contribution in [1.82, 2.24) is 15.4 Å². The largest absolute Gasteiger partial charge is 0.360 e. The van der Waals surface area contributed by atoms with Crippen molar-refractivity contribution in [3.63, 3.8) is 0 Å². The molecule has 2 aromatic carbocycles. The maximum absolute atomic E-state index is 12.7. The minimum absolute atomic E-state index is 0.0532. The van der Waals surface area contributed by atoms with Gasteiger partial charge in [-0.3, -0.25) is 9.59 Å². The number of nitrogens with zero attached hydrogens (tertiary/aromatic N) is 2. The number of carbonyl (C=O) groups is 2. The molecule has 0 fully saturated rings. The molecule has 0 aliphatic carbocycles. The monoisotopic (exact) mass is 411 g/mol. The fourth-order valence-electron chi connectivity index (χ4n) is 2.98. The lowest BCUT2D eigenvalue weighted by Crippen LogP contribution is -2.32. The summed E-state index contributed by atoms with van der Waals surface area (Å²) >= 11 is 6.23. The number of aromatic nitrogens is 1. The van der Waals surface area contributed by atoms with Crippen LogP contribution >= 0.6 is 11.6 Å². The van der Waals surface area contributed by atoms with Crippen LogP contribution in [0.4, 0.5) is 0 Å². The predicted molar refractivity (Wildman–Crippen MR) is 112 cm³/mol. The Labute approximate surface area is 174 Å². The lowest BCUT2D eigenvalue weighted by Gasteiger charge is -2.17. The molecule has 1 aromatic heterocycles. The average Bonchev–Trinajstić information content (AvgIpc) is 3.10. The highest BCUT2D eigenvalue weighted by molar-refractivity contribution is 6.33. The van der Waals surface area contributed by atoms with Gasteiger partial charge in [-0.1, -0.05) is 65.3 Å². The number of carbonyl (C=O) groups excluding carboxylic acids is 2. The number of hydrogen-bond donors (Lipinski definition) is 1.